The lowest BCUT2D eigenvalue weighted by Gasteiger charge is -2.35. The molecule has 2 fully saturated rings. The summed E-state index contributed by atoms with van der Waals surface area (Å²) in [6.07, 6.45) is 6.55. The van der Waals surface area contributed by atoms with Crippen molar-refractivity contribution in [3.63, 3.8) is 0 Å². The molecule has 1 heterocycles. The first kappa shape index (κ1) is 23.4. The maximum Gasteiger partial charge on any atom is 0.267 e. The molecule has 0 N–H and O–H groups in total. The molecule has 3 aromatic rings. The van der Waals surface area contributed by atoms with Gasteiger partial charge < -0.3 is 4.74 Å². The van der Waals surface area contributed by atoms with Gasteiger partial charge in [-0.25, -0.2) is 4.99 Å². The molecule has 35 heavy (non-hydrogen) atoms. The van der Waals surface area contributed by atoms with Gasteiger partial charge in [0, 0.05) is 6.04 Å². The molecular formula is C30H30N2O2S. The van der Waals surface area contributed by atoms with Gasteiger partial charge in [0.1, 0.15) is 12.4 Å². The van der Waals surface area contributed by atoms with Crippen LogP contribution in [0.15, 0.2) is 94.8 Å². The number of hydrogen-bond acceptors (Lipinski definition) is 4. The number of carbonyl (C=O) groups is 1. The van der Waals surface area contributed by atoms with E-state index in [9.17, 15) is 4.79 Å². The molecule has 1 amide bonds. The van der Waals surface area contributed by atoms with Crippen LogP contribution in [-0.4, -0.2) is 22.0 Å². The van der Waals surface area contributed by atoms with Crippen LogP contribution in [-0.2, 0) is 11.4 Å². The molecule has 4 nitrogen and oxygen atoms in total. The second-order valence-electron chi connectivity index (χ2n) is 9.19. The zero-order valence-electron chi connectivity index (χ0n) is 20.0. The monoisotopic (exact) mass is 482 g/mol. The summed E-state index contributed by atoms with van der Waals surface area (Å²) < 4.78 is 5.91. The largest absolute Gasteiger partial charge is 0.489 e. The van der Waals surface area contributed by atoms with Gasteiger partial charge in [-0.3, -0.25) is 9.69 Å². The molecule has 0 radical (unpaired) electrons. The Bertz CT molecular complexity index is 1210. The van der Waals surface area contributed by atoms with Gasteiger partial charge in [0.05, 0.1) is 10.6 Å². The summed E-state index contributed by atoms with van der Waals surface area (Å²) in [7, 11) is 0. The molecule has 1 saturated carbocycles. The maximum atomic E-state index is 13.6. The molecule has 5 rings (SSSR count). The molecular weight excluding hydrogens is 452 g/mol. The maximum absolute atomic E-state index is 13.6. The highest BCUT2D eigenvalue weighted by atomic mass is 32.2. The van der Waals surface area contributed by atoms with Gasteiger partial charge >= 0.3 is 0 Å². The van der Waals surface area contributed by atoms with Crippen molar-refractivity contribution in [3.05, 3.63) is 101 Å². The van der Waals surface area contributed by atoms with Crippen molar-refractivity contribution in [3.8, 4) is 5.75 Å². The SMILES string of the molecule is C[C@H]1CCCC[C@@H]1N1C(=O)/C(=C/c2ccc(OCc3ccccc3)cc2)SC1=Nc1ccccc1. The van der Waals surface area contributed by atoms with E-state index in [0.717, 1.165) is 51.9 Å². The fraction of sp³-hybridized carbons (Fsp3) is 0.267. The minimum absolute atomic E-state index is 0.0628. The van der Waals surface area contributed by atoms with Gasteiger partial charge in [-0.15, -0.1) is 0 Å². The number of nitrogens with zero attached hydrogens (tertiary/aromatic N) is 2. The van der Waals surface area contributed by atoms with Crippen LogP contribution in [0.4, 0.5) is 5.69 Å². The first-order chi connectivity index (χ1) is 17.2. The predicted octanol–water partition coefficient (Wildman–Crippen LogP) is 7.45. The van der Waals surface area contributed by atoms with Gasteiger partial charge in [0.15, 0.2) is 5.17 Å². The molecule has 2 aliphatic rings. The van der Waals surface area contributed by atoms with Gasteiger partial charge in [-0.05, 0) is 72.0 Å². The molecule has 3 aromatic carbocycles. The first-order valence-corrected chi connectivity index (χ1v) is 13.1. The Kier molecular flexibility index (Phi) is 7.34. The third kappa shape index (κ3) is 5.68. The van der Waals surface area contributed by atoms with Crippen LogP contribution < -0.4 is 4.74 Å². The van der Waals surface area contributed by atoms with E-state index in [2.05, 4.69) is 19.1 Å². The topological polar surface area (TPSA) is 41.9 Å². The van der Waals surface area contributed by atoms with E-state index >= 15 is 0 Å². The summed E-state index contributed by atoms with van der Waals surface area (Å²) in [5, 5.41) is 0.786. The fourth-order valence-corrected chi connectivity index (χ4v) is 5.75. The van der Waals surface area contributed by atoms with Crippen LogP contribution in [0.3, 0.4) is 0 Å². The number of ether oxygens (including phenoxy) is 1. The Morgan fingerprint density at radius 1 is 0.943 bits per heavy atom. The normalized spacial score (nSPS) is 22.7. The Morgan fingerprint density at radius 2 is 1.63 bits per heavy atom. The molecule has 5 heteroatoms. The second-order valence-corrected chi connectivity index (χ2v) is 10.2. The van der Waals surface area contributed by atoms with Crippen LogP contribution in [0.25, 0.3) is 6.08 Å². The van der Waals surface area contributed by atoms with Gasteiger partial charge in [-0.2, -0.15) is 0 Å². The van der Waals surface area contributed by atoms with Crippen LogP contribution >= 0.6 is 11.8 Å². The number of carbonyl (C=O) groups excluding carboxylic acids is 1. The predicted molar refractivity (Wildman–Crippen MR) is 145 cm³/mol. The van der Waals surface area contributed by atoms with Crippen molar-refractivity contribution in [2.24, 2.45) is 10.9 Å². The highest BCUT2D eigenvalue weighted by Crippen LogP contribution is 2.40. The van der Waals surface area contributed by atoms with E-state index in [1.807, 2.05) is 83.8 Å². The van der Waals surface area contributed by atoms with Crippen molar-refractivity contribution < 1.29 is 9.53 Å². The number of amidine groups is 1. The van der Waals surface area contributed by atoms with Gasteiger partial charge in [-0.1, -0.05) is 80.4 Å². The molecule has 0 unspecified atom stereocenters. The summed E-state index contributed by atoms with van der Waals surface area (Å²) in [6.45, 7) is 2.79. The van der Waals surface area contributed by atoms with E-state index in [0.29, 0.717) is 12.5 Å². The van der Waals surface area contributed by atoms with Crippen molar-refractivity contribution in [1.82, 2.24) is 4.90 Å². The van der Waals surface area contributed by atoms with E-state index < -0.39 is 0 Å². The molecule has 1 saturated heterocycles. The molecule has 178 valence electrons. The van der Waals surface area contributed by atoms with E-state index in [-0.39, 0.29) is 11.9 Å². The number of aliphatic imine (C=N–C) groups is 1. The van der Waals surface area contributed by atoms with E-state index in [4.69, 9.17) is 9.73 Å². The standard InChI is InChI=1S/C30H30N2O2S/c1-22-10-8-9-15-27(22)32-29(33)28(35-30(32)31-25-13-6-3-7-14-25)20-23-16-18-26(19-17-23)34-21-24-11-4-2-5-12-24/h2-7,11-14,16-20,22,27H,8-10,15,21H2,1H3/b28-20-,31-30?/t22-,27-/m0/s1. The molecule has 0 spiro atoms. The Labute approximate surface area is 211 Å². The Balaban J connectivity index is 1.36. The first-order valence-electron chi connectivity index (χ1n) is 12.3. The van der Waals surface area contributed by atoms with Crippen LogP contribution in [0.5, 0.6) is 5.75 Å². The smallest absolute Gasteiger partial charge is 0.267 e. The lowest BCUT2D eigenvalue weighted by atomic mass is 9.85. The summed E-state index contributed by atoms with van der Waals surface area (Å²) in [6, 6.07) is 28.1. The van der Waals surface area contributed by atoms with Crippen molar-refractivity contribution in [2.45, 2.75) is 45.3 Å². The summed E-state index contributed by atoms with van der Waals surface area (Å²) in [5.74, 6) is 1.34. The third-order valence-corrected chi connectivity index (χ3v) is 7.62. The van der Waals surface area contributed by atoms with Gasteiger partial charge in [0.25, 0.3) is 5.91 Å². The minimum Gasteiger partial charge on any atom is -0.489 e. The number of thioether (sulfide) groups is 1. The quantitative estimate of drug-likeness (QED) is 0.343. The molecule has 0 bridgehead atoms. The van der Waals surface area contributed by atoms with Crippen LogP contribution in [0, 0.1) is 5.92 Å². The number of rotatable bonds is 6. The highest BCUT2D eigenvalue weighted by molar-refractivity contribution is 8.18. The molecule has 1 aliphatic carbocycles. The molecule has 2 atom stereocenters. The van der Waals surface area contributed by atoms with Crippen molar-refractivity contribution in [1.29, 1.82) is 0 Å². The van der Waals surface area contributed by atoms with E-state index in [1.54, 1.807) is 0 Å². The number of para-hydroxylation sites is 1. The summed E-state index contributed by atoms with van der Waals surface area (Å²) >= 11 is 1.48. The zero-order valence-corrected chi connectivity index (χ0v) is 20.8. The average molecular weight is 483 g/mol. The highest BCUT2D eigenvalue weighted by Gasteiger charge is 2.41. The van der Waals surface area contributed by atoms with Gasteiger partial charge in [0.2, 0.25) is 0 Å². The van der Waals surface area contributed by atoms with Crippen LogP contribution in [0.2, 0.25) is 0 Å². The molecule has 0 aromatic heterocycles. The fourth-order valence-electron chi connectivity index (χ4n) is 4.70. The number of benzene rings is 3. The van der Waals surface area contributed by atoms with Crippen LogP contribution in [0.1, 0.15) is 43.7 Å². The van der Waals surface area contributed by atoms with E-state index in [1.165, 1.54) is 18.2 Å². The average Bonchev–Trinajstić information content (AvgIpc) is 3.19. The zero-order chi connectivity index (χ0) is 24.0. The number of hydrogen-bond donors (Lipinski definition) is 0. The lowest BCUT2D eigenvalue weighted by molar-refractivity contribution is -0.124. The Morgan fingerprint density at radius 3 is 2.34 bits per heavy atom. The summed E-state index contributed by atoms with van der Waals surface area (Å²) in [4.78, 5) is 21.2. The lowest BCUT2D eigenvalue weighted by Crippen LogP contribution is -2.44. The Hall–Kier alpha value is -3.31. The van der Waals surface area contributed by atoms with Crippen molar-refractivity contribution in [2.75, 3.05) is 0 Å². The summed E-state index contributed by atoms with van der Waals surface area (Å²) in [5.41, 5.74) is 2.98. The van der Waals surface area contributed by atoms with Crippen molar-refractivity contribution >= 4 is 34.6 Å². The molecule has 1 aliphatic heterocycles. The number of amides is 1. The second kappa shape index (κ2) is 11.0. The minimum atomic E-state index is 0.0628. The third-order valence-electron chi connectivity index (χ3n) is 6.64.